The summed E-state index contributed by atoms with van der Waals surface area (Å²) in [4.78, 5) is 36.9. The summed E-state index contributed by atoms with van der Waals surface area (Å²) in [6.45, 7) is 3.15. The van der Waals surface area contributed by atoms with Gasteiger partial charge in [0.25, 0.3) is 10.1 Å². The smallest absolute Gasteiger partial charge is 0.300 e. The molecule has 0 saturated carbocycles. The van der Waals surface area contributed by atoms with E-state index in [-0.39, 0.29) is 128 Å². The van der Waals surface area contributed by atoms with E-state index in [1.807, 2.05) is 9.80 Å². The maximum Gasteiger partial charge on any atom is 0.300 e. The Balaban J connectivity index is 0.831. The third-order valence-electron chi connectivity index (χ3n) is 12.9. The highest BCUT2D eigenvalue weighted by atomic mass is 35.5. The fraction of sp³-hybridized carbons (Fsp3) is 0.250. The second kappa shape index (κ2) is 24.0. The van der Waals surface area contributed by atoms with E-state index in [1.54, 1.807) is 0 Å². The van der Waals surface area contributed by atoms with Gasteiger partial charge in [0, 0.05) is 57.2 Å². The lowest BCUT2D eigenvalue weighted by molar-refractivity contribution is 0.122. The van der Waals surface area contributed by atoms with Crippen LogP contribution in [0.4, 0.5) is 64.1 Å². The number of nitrogens with zero attached hydrogens (tertiary/aromatic N) is 10. The normalized spacial score (nSPS) is 14.9. The Morgan fingerprint density at radius 1 is 0.605 bits per heavy atom. The van der Waals surface area contributed by atoms with Gasteiger partial charge in [0.05, 0.1) is 59.5 Å². The fourth-order valence-electron chi connectivity index (χ4n) is 9.00. The fourth-order valence-corrected chi connectivity index (χ4v) is 12.1. The third kappa shape index (κ3) is 13.1. The Morgan fingerprint density at radius 3 is 1.69 bits per heavy atom. The molecule has 0 bridgehead atoms. The molecule has 6 aromatic rings. The van der Waals surface area contributed by atoms with Crippen LogP contribution in [0.5, 0.6) is 11.5 Å². The Labute approximate surface area is 497 Å². The van der Waals surface area contributed by atoms with E-state index >= 15 is 0 Å². The number of hydrogen-bond acceptors (Lipinski definition) is 30. The summed E-state index contributed by atoms with van der Waals surface area (Å²) < 4.78 is 167. The van der Waals surface area contributed by atoms with Crippen LogP contribution < -0.4 is 51.8 Å². The van der Waals surface area contributed by atoms with Crippen molar-refractivity contribution in [1.82, 2.24) is 34.9 Å². The van der Waals surface area contributed by atoms with Gasteiger partial charge in [-0.3, -0.25) is 14.1 Å². The first-order valence-electron chi connectivity index (χ1n) is 25.4. The standard InChI is InChI=1S/C48H46Cl2N16O16S4/c49-33-36-40(82-38-30(58-36)8-10-32(42(38)86(76,77)78)52-12-14-54-44-60-46(64-48(62-44)66-17-21-80-22-18-66)56-26-4-2-6-28(24-26)84(70,71)72)34(50)35-39(33)81-37-29(57-35)7-9-31(41(37)85(73,74)75)51-11-13-53-43-59-45(63-47(61-43)65-15-19-79-20-16-65)55-25-3-1-5-27(23-25)83(67,68)69/h1-10,23-24,51,57H,11-22H2,(H,67,68,69)(H,70,71,72)(H,73,74,75)(H,76,77,78)(H2,53,55,59,61,63)(H2,54,56,60,62,64)/p-2. The molecule has 8 N–H and O–H groups in total. The largest absolute Gasteiger partial charge is 0.744 e. The molecule has 0 unspecified atom stereocenters. The molecule has 0 radical (unpaired) electrons. The number of halogens is 2. The molecule has 452 valence electrons. The topological polar surface area (TPSA) is 445 Å². The summed E-state index contributed by atoms with van der Waals surface area (Å²) in [7, 11) is -19.8. The van der Waals surface area contributed by atoms with Crippen LogP contribution in [-0.4, -0.2) is 166 Å². The molecule has 11 rings (SSSR count). The number of rotatable bonds is 19. The zero-order chi connectivity index (χ0) is 60.7. The zero-order valence-electron chi connectivity index (χ0n) is 43.9. The van der Waals surface area contributed by atoms with E-state index in [9.17, 15) is 51.9 Å². The molecule has 0 amide bonds. The summed E-state index contributed by atoms with van der Waals surface area (Å²) in [5.41, 5.74) is -0.497. The second-order valence-corrected chi connectivity index (χ2v) is 24.9. The highest BCUT2D eigenvalue weighted by molar-refractivity contribution is 7.86. The zero-order valence-corrected chi connectivity index (χ0v) is 48.7. The molecular weight excluding hydrogens is 1260 g/mol. The number of benzene rings is 5. The summed E-state index contributed by atoms with van der Waals surface area (Å²) in [6, 6.07) is 15.6. The molecule has 4 aromatic carbocycles. The molecule has 38 heteroatoms. The Bertz CT molecular complexity index is 4510. The molecule has 0 atom stereocenters. The Kier molecular flexibility index (Phi) is 16.6. The predicted octanol–water partition coefficient (Wildman–Crippen LogP) is 4.46. The predicted molar refractivity (Wildman–Crippen MR) is 307 cm³/mol. The minimum atomic E-state index is -5.14. The van der Waals surface area contributed by atoms with E-state index in [0.29, 0.717) is 52.6 Å². The summed E-state index contributed by atoms with van der Waals surface area (Å²) in [6.07, 6.45) is 0. The van der Waals surface area contributed by atoms with Gasteiger partial charge in [-0.2, -0.15) is 46.7 Å². The number of anilines is 11. The summed E-state index contributed by atoms with van der Waals surface area (Å²) in [5.74, 6) is -0.611. The van der Waals surface area contributed by atoms with Crippen molar-refractivity contribution in [2.75, 3.05) is 120 Å². The summed E-state index contributed by atoms with van der Waals surface area (Å²) in [5, 5.41) is 16.9. The van der Waals surface area contributed by atoms with Crippen LogP contribution in [0, 0.1) is 0 Å². The first-order valence-corrected chi connectivity index (χ1v) is 31.8. The molecule has 2 aromatic heterocycles. The maximum atomic E-state index is 13.2. The van der Waals surface area contributed by atoms with E-state index in [4.69, 9.17) is 41.8 Å². The number of aromatic nitrogens is 7. The van der Waals surface area contributed by atoms with E-state index in [1.165, 1.54) is 48.5 Å². The molecule has 0 spiro atoms. The van der Waals surface area contributed by atoms with Crippen molar-refractivity contribution < 1.29 is 70.5 Å². The van der Waals surface area contributed by atoms with Crippen molar-refractivity contribution in [2.24, 2.45) is 4.99 Å². The van der Waals surface area contributed by atoms with Gasteiger partial charge in [0.1, 0.15) is 47.2 Å². The van der Waals surface area contributed by atoms with Crippen molar-refractivity contribution >= 4 is 139 Å². The monoisotopic (exact) mass is 1300 g/mol. The minimum absolute atomic E-state index is 0.00341. The van der Waals surface area contributed by atoms with Crippen LogP contribution in [0.3, 0.4) is 0 Å². The molecule has 1 aliphatic carbocycles. The van der Waals surface area contributed by atoms with Gasteiger partial charge in [0.2, 0.25) is 35.7 Å². The van der Waals surface area contributed by atoms with Gasteiger partial charge in [-0.05, 0) is 60.7 Å². The molecule has 6 heterocycles. The van der Waals surface area contributed by atoms with Crippen LogP contribution in [0.2, 0.25) is 10.0 Å². The van der Waals surface area contributed by atoms with Gasteiger partial charge in [-0.15, -0.1) is 0 Å². The average Bonchev–Trinajstić information content (AvgIpc) is 0.824. The van der Waals surface area contributed by atoms with Crippen LogP contribution in [0.25, 0.3) is 22.6 Å². The van der Waals surface area contributed by atoms with Crippen LogP contribution >= 0.6 is 23.2 Å². The molecule has 4 aliphatic heterocycles. The van der Waals surface area contributed by atoms with Gasteiger partial charge < -0.3 is 69.4 Å². The number of fused-ring (bicyclic) bond motifs is 4. The Morgan fingerprint density at radius 2 is 1.14 bits per heavy atom. The number of hydrogen-bond donors (Lipinski definition) is 8. The van der Waals surface area contributed by atoms with Crippen molar-refractivity contribution in [3.63, 3.8) is 0 Å². The van der Waals surface area contributed by atoms with Crippen molar-refractivity contribution in [3.05, 3.63) is 88.2 Å². The average molecular weight is 1300 g/mol. The van der Waals surface area contributed by atoms with Crippen molar-refractivity contribution in [2.45, 2.75) is 19.6 Å². The molecule has 5 aliphatic rings. The van der Waals surface area contributed by atoms with Gasteiger partial charge >= 0.3 is 10.1 Å². The maximum absolute atomic E-state index is 13.2. The molecule has 2 saturated heterocycles. The molecule has 2 fully saturated rings. The second-order valence-electron chi connectivity index (χ2n) is 18.6. The molecular formula is C48H44Cl2N16O16S4-2. The third-order valence-corrected chi connectivity index (χ3v) is 17.1. The number of nitrogens with one attached hydrogen (secondary N) is 6. The Hall–Kier alpha value is -8.14. The lowest BCUT2D eigenvalue weighted by atomic mass is 10.1. The quantitative estimate of drug-likeness (QED) is 0.0315. The lowest BCUT2D eigenvalue weighted by Gasteiger charge is -2.27. The van der Waals surface area contributed by atoms with Crippen LogP contribution in [0.15, 0.2) is 102 Å². The lowest BCUT2D eigenvalue weighted by Crippen LogP contribution is -2.37. The van der Waals surface area contributed by atoms with E-state index < -0.39 is 71.6 Å². The van der Waals surface area contributed by atoms with Gasteiger partial charge in [0.15, 0.2) is 32.6 Å². The highest BCUT2D eigenvalue weighted by Crippen LogP contribution is 2.55. The molecule has 86 heavy (non-hydrogen) atoms. The first-order chi connectivity index (χ1) is 40.9. The summed E-state index contributed by atoms with van der Waals surface area (Å²) >= 11 is 13.9. The number of ether oxygens (including phenoxy) is 3. The first kappa shape index (κ1) is 59.6. The van der Waals surface area contributed by atoms with Crippen molar-refractivity contribution in [3.8, 4) is 23.0 Å². The molecule has 32 nitrogen and oxygen atoms in total. The minimum Gasteiger partial charge on any atom is -0.744 e. The van der Waals surface area contributed by atoms with E-state index in [0.717, 1.165) is 24.3 Å². The van der Waals surface area contributed by atoms with Crippen LogP contribution in [-0.2, 0) is 49.9 Å². The van der Waals surface area contributed by atoms with Crippen molar-refractivity contribution in [1.29, 1.82) is 0 Å². The van der Waals surface area contributed by atoms with Crippen LogP contribution in [0.1, 0.15) is 0 Å². The van der Waals surface area contributed by atoms with Gasteiger partial charge in [-0.25, -0.2) is 21.8 Å². The SMILES string of the molecule is O=S(=O)([O-])c1cccc(Nc2nc(NCCN=c3ccc4nc5c(Cl)c6c(c(Cl)c5oc-4c3S(=O)(=O)O)Nc3ccc(NCCNc4nc(Nc5cccc(S(=O)(=O)[O-])c5)nc(N5CCOCC5)n4)c(S(=O)(=O)O)c3O6)nc(N3CCOCC3)n2)c1. The highest BCUT2D eigenvalue weighted by Gasteiger charge is 2.35. The number of morpholine rings is 2. The van der Waals surface area contributed by atoms with E-state index in [2.05, 4.69) is 71.8 Å². The van der Waals surface area contributed by atoms with Gasteiger partial charge in [-0.1, -0.05) is 35.3 Å².